The molecule has 20 heavy (non-hydrogen) atoms. The van der Waals surface area contributed by atoms with E-state index in [0.717, 1.165) is 16.8 Å². The lowest BCUT2D eigenvalue weighted by Gasteiger charge is -2.20. The average Bonchev–Trinajstić information content (AvgIpc) is 2.66. The van der Waals surface area contributed by atoms with E-state index in [1.165, 1.54) is 0 Å². The van der Waals surface area contributed by atoms with Gasteiger partial charge in [-0.05, 0) is 0 Å². The van der Waals surface area contributed by atoms with E-state index in [9.17, 15) is 19.5 Å². The van der Waals surface area contributed by atoms with Gasteiger partial charge in [0.2, 0.25) is 0 Å². The largest absolute Gasteiger partial charge is 0.439 e. The maximum atomic E-state index is 11.7. The van der Waals surface area contributed by atoms with Crippen molar-refractivity contribution < 1.29 is 24.5 Å². The molecule has 1 aliphatic heterocycles. The number of rotatable bonds is 3. The molecular weight excluding hydrogens is 274 g/mol. The van der Waals surface area contributed by atoms with Gasteiger partial charge < -0.3 is 25.4 Å². The van der Waals surface area contributed by atoms with E-state index in [-0.39, 0.29) is 0 Å². The van der Waals surface area contributed by atoms with Crippen molar-refractivity contribution in [3.05, 3.63) is 33.1 Å². The molecule has 1 amide bonds. The van der Waals surface area contributed by atoms with Crippen LogP contribution in [0.2, 0.25) is 0 Å². The summed E-state index contributed by atoms with van der Waals surface area (Å²) in [5.74, 6) is 0. The minimum absolute atomic E-state index is 0.547. The van der Waals surface area contributed by atoms with Crippen LogP contribution in [-0.2, 0) is 9.47 Å². The molecule has 0 bridgehead atoms. The summed E-state index contributed by atoms with van der Waals surface area (Å²) in [6, 6.07) is 1.06. The first kappa shape index (κ1) is 14.2. The number of nitrogens with zero attached hydrogens (tertiary/aromatic N) is 1. The molecule has 1 aliphatic rings. The van der Waals surface area contributed by atoms with Crippen LogP contribution in [0.5, 0.6) is 0 Å². The first-order chi connectivity index (χ1) is 9.43. The molecular formula is C10H13N3O7. The van der Waals surface area contributed by atoms with Gasteiger partial charge in [-0.25, -0.2) is 9.59 Å². The molecule has 1 aromatic heterocycles. The summed E-state index contributed by atoms with van der Waals surface area (Å²) in [7, 11) is 0. The molecule has 1 saturated heterocycles. The predicted molar refractivity (Wildman–Crippen MR) is 62.8 cm³/mol. The third-order valence-electron chi connectivity index (χ3n) is 2.87. The Bertz CT molecular complexity index is 609. The van der Waals surface area contributed by atoms with Gasteiger partial charge in [-0.3, -0.25) is 14.3 Å². The van der Waals surface area contributed by atoms with Gasteiger partial charge in [0.05, 0.1) is 6.61 Å². The van der Waals surface area contributed by atoms with Gasteiger partial charge in [-0.2, -0.15) is 0 Å². The summed E-state index contributed by atoms with van der Waals surface area (Å²) < 4.78 is 10.9. The van der Waals surface area contributed by atoms with Gasteiger partial charge in [0, 0.05) is 12.3 Å². The Kier molecular flexibility index (Phi) is 3.88. The molecule has 0 saturated carbocycles. The number of primary amides is 1. The SMILES string of the molecule is NC(=O)O[C@@H]1[C@H](O)[C@@H](CO)O[C@H]1n1ccc(=O)[nH]c1=O. The summed E-state index contributed by atoms with van der Waals surface area (Å²) in [6.07, 6.45) is -4.96. The molecule has 110 valence electrons. The van der Waals surface area contributed by atoms with Crippen molar-refractivity contribution in [2.45, 2.75) is 24.5 Å². The van der Waals surface area contributed by atoms with Crippen molar-refractivity contribution in [1.82, 2.24) is 9.55 Å². The topological polar surface area (TPSA) is 157 Å². The zero-order chi connectivity index (χ0) is 14.9. The van der Waals surface area contributed by atoms with Crippen molar-refractivity contribution in [2.75, 3.05) is 6.61 Å². The van der Waals surface area contributed by atoms with Crippen LogP contribution >= 0.6 is 0 Å². The Balaban J connectivity index is 2.39. The first-order valence-corrected chi connectivity index (χ1v) is 5.66. The van der Waals surface area contributed by atoms with Gasteiger partial charge in [-0.15, -0.1) is 0 Å². The molecule has 5 N–H and O–H groups in total. The van der Waals surface area contributed by atoms with E-state index in [1.54, 1.807) is 0 Å². The molecule has 0 aliphatic carbocycles. The van der Waals surface area contributed by atoms with Crippen molar-refractivity contribution in [2.24, 2.45) is 5.73 Å². The Morgan fingerprint density at radius 1 is 1.55 bits per heavy atom. The number of carbonyl (C=O) groups excluding carboxylic acids is 1. The number of carbonyl (C=O) groups is 1. The van der Waals surface area contributed by atoms with Gasteiger partial charge >= 0.3 is 11.8 Å². The normalized spacial score (nSPS) is 29.3. The molecule has 2 heterocycles. The number of hydrogen-bond donors (Lipinski definition) is 4. The van der Waals surface area contributed by atoms with Crippen molar-refractivity contribution in [3.8, 4) is 0 Å². The highest BCUT2D eigenvalue weighted by molar-refractivity contribution is 5.65. The number of H-pyrrole nitrogens is 1. The lowest BCUT2D eigenvalue weighted by atomic mass is 10.1. The summed E-state index contributed by atoms with van der Waals surface area (Å²) in [4.78, 5) is 35.5. The number of aliphatic hydroxyl groups is 2. The number of aliphatic hydroxyl groups excluding tert-OH is 2. The lowest BCUT2D eigenvalue weighted by Crippen LogP contribution is -2.41. The van der Waals surface area contributed by atoms with E-state index in [1.807, 2.05) is 4.98 Å². The molecule has 1 fully saturated rings. The van der Waals surface area contributed by atoms with Gasteiger partial charge in [-0.1, -0.05) is 0 Å². The highest BCUT2D eigenvalue weighted by Gasteiger charge is 2.47. The van der Waals surface area contributed by atoms with E-state index in [4.69, 9.17) is 20.3 Å². The standard InChI is InChI=1S/C10H13N3O7/c11-9(17)20-7-6(16)4(3-14)19-8(7)13-2-1-5(15)12-10(13)18/h1-2,4,6-8,14,16H,3H2,(H2,11,17)(H,12,15,18)/t4-,6-,7-,8-/m1/s1. The van der Waals surface area contributed by atoms with Crippen LogP contribution in [0.25, 0.3) is 0 Å². The minimum Gasteiger partial charge on any atom is -0.439 e. The number of amides is 1. The van der Waals surface area contributed by atoms with Crippen LogP contribution in [0.15, 0.2) is 21.9 Å². The minimum atomic E-state index is -1.36. The zero-order valence-electron chi connectivity index (χ0n) is 10.1. The van der Waals surface area contributed by atoms with Crippen LogP contribution in [-0.4, -0.2) is 50.8 Å². The van der Waals surface area contributed by atoms with Crippen molar-refractivity contribution >= 4 is 6.09 Å². The third kappa shape index (κ3) is 2.57. The van der Waals surface area contributed by atoms with Crippen LogP contribution < -0.4 is 17.0 Å². The quantitative estimate of drug-likeness (QED) is 0.469. The molecule has 0 spiro atoms. The highest BCUT2D eigenvalue weighted by Crippen LogP contribution is 2.30. The van der Waals surface area contributed by atoms with Crippen LogP contribution in [0.3, 0.4) is 0 Å². The first-order valence-electron chi connectivity index (χ1n) is 5.66. The number of nitrogens with one attached hydrogen (secondary N) is 1. The smallest absolute Gasteiger partial charge is 0.405 e. The van der Waals surface area contributed by atoms with Crippen LogP contribution in [0, 0.1) is 0 Å². The Labute approximate surface area is 111 Å². The monoisotopic (exact) mass is 287 g/mol. The number of aromatic nitrogens is 2. The second kappa shape index (κ2) is 5.45. The fourth-order valence-electron chi connectivity index (χ4n) is 1.98. The molecule has 2 rings (SSSR count). The summed E-state index contributed by atoms with van der Waals surface area (Å²) in [6.45, 7) is -0.547. The van der Waals surface area contributed by atoms with Gasteiger partial charge in [0.1, 0.15) is 12.2 Å². The second-order valence-electron chi connectivity index (χ2n) is 4.16. The number of hydrogen-bond acceptors (Lipinski definition) is 7. The Hall–Kier alpha value is -2.17. The summed E-state index contributed by atoms with van der Waals surface area (Å²) in [5, 5.41) is 18.9. The van der Waals surface area contributed by atoms with E-state index in [0.29, 0.717) is 0 Å². The lowest BCUT2D eigenvalue weighted by molar-refractivity contribution is -0.0563. The second-order valence-corrected chi connectivity index (χ2v) is 4.16. The van der Waals surface area contributed by atoms with Crippen molar-refractivity contribution in [3.63, 3.8) is 0 Å². The molecule has 0 aromatic carbocycles. The molecule has 0 radical (unpaired) electrons. The summed E-state index contributed by atoms with van der Waals surface area (Å²) in [5.41, 5.74) is 3.46. The maximum absolute atomic E-state index is 11.7. The van der Waals surface area contributed by atoms with E-state index in [2.05, 4.69) is 0 Å². The van der Waals surface area contributed by atoms with Gasteiger partial charge in [0.25, 0.3) is 5.56 Å². The van der Waals surface area contributed by atoms with E-state index < -0.39 is 48.5 Å². The van der Waals surface area contributed by atoms with Crippen LogP contribution in [0.4, 0.5) is 4.79 Å². The predicted octanol–water partition coefficient (Wildman–Crippen LogP) is -2.75. The molecule has 1 aromatic rings. The zero-order valence-corrected chi connectivity index (χ0v) is 10.1. The number of aromatic amines is 1. The van der Waals surface area contributed by atoms with Crippen LogP contribution in [0.1, 0.15) is 6.23 Å². The molecule has 10 heteroatoms. The maximum Gasteiger partial charge on any atom is 0.405 e. The molecule has 0 unspecified atom stereocenters. The number of nitrogens with two attached hydrogens (primary N) is 1. The fraction of sp³-hybridized carbons (Fsp3) is 0.500. The van der Waals surface area contributed by atoms with E-state index >= 15 is 0 Å². The van der Waals surface area contributed by atoms with Crippen molar-refractivity contribution in [1.29, 1.82) is 0 Å². The Morgan fingerprint density at radius 2 is 2.25 bits per heavy atom. The Morgan fingerprint density at radius 3 is 2.80 bits per heavy atom. The molecule has 4 atom stereocenters. The fourth-order valence-corrected chi connectivity index (χ4v) is 1.98. The highest BCUT2D eigenvalue weighted by atomic mass is 16.6. The summed E-state index contributed by atoms with van der Waals surface area (Å²) >= 11 is 0. The third-order valence-corrected chi connectivity index (χ3v) is 2.87. The van der Waals surface area contributed by atoms with Gasteiger partial charge in [0.15, 0.2) is 12.3 Å². The molecule has 10 nitrogen and oxygen atoms in total. The number of ether oxygens (including phenoxy) is 2. The average molecular weight is 287 g/mol.